The topological polar surface area (TPSA) is 66.5 Å². The van der Waals surface area contributed by atoms with E-state index in [9.17, 15) is 14.4 Å². The molecule has 1 fully saturated rings. The van der Waals surface area contributed by atoms with Crippen molar-refractivity contribution in [2.45, 2.75) is 18.8 Å². The third kappa shape index (κ3) is 3.76. The van der Waals surface area contributed by atoms with Crippen LogP contribution in [0.5, 0.6) is 0 Å². The Labute approximate surface area is 192 Å². The fraction of sp³-hybridized carbons (Fsp3) is 0.179. The van der Waals surface area contributed by atoms with Crippen LogP contribution in [0.2, 0.25) is 0 Å². The second-order valence-corrected chi connectivity index (χ2v) is 8.63. The lowest BCUT2D eigenvalue weighted by Gasteiger charge is -2.32. The van der Waals surface area contributed by atoms with Gasteiger partial charge >= 0.3 is 0 Å². The molecule has 2 aliphatic rings. The van der Waals surface area contributed by atoms with Crippen molar-refractivity contribution in [2.75, 3.05) is 0 Å². The summed E-state index contributed by atoms with van der Waals surface area (Å²) < 4.78 is 0. The van der Waals surface area contributed by atoms with E-state index in [2.05, 4.69) is 5.43 Å². The standard InChI is InChI=1S/C28H24N2O3/c1-18-9-8-14-21(17-18)26(31)29-30-27(32)24-22(19-10-4-2-5-11-19)15-16-23(25(24)28(30)33)20-12-6-3-7-13-20/h2-17,22-25H,1H3,(H,29,31)/t22-,23-,24-,25+/m0/s1. The van der Waals surface area contributed by atoms with E-state index in [1.54, 1.807) is 18.2 Å². The van der Waals surface area contributed by atoms with Crippen molar-refractivity contribution < 1.29 is 14.4 Å². The second kappa shape index (κ2) is 8.51. The first-order chi connectivity index (χ1) is 16.0. The highest BCUT2D eigenvalue weighted by Gasteiger charge is 2.55. The summed E-state index contributed by atoms with van der Waals surface area (Å²) in [5.41, 5.74) is 5.87. The normalized spacial score (nSPS) is 24.0. The van der Waals surface area contributed by atoms with Gasteiger partial charge < -0.3 is 0 Å². The SMILES string of the molecule is Cc1cccc(C(=O)NN2C(=O)[C@@H]3[C@H](C2=O)[C@H](c2ccccc2)C=C[C@H]3c2ccccc2)c1. The maximum absolute atomic E-state index is 13.6. The zero-order valence-corrected chi connectivity index (χ0v) is 18.2. The summed E-state index contributed by atoms with van der Waals surface area (Å²) in [4.78, 5) is 40.1. The molecule has 1 aliphatic heterocycles. The molecule has 1 aliphatic carbocycles. The molecule has 3 aromatic carbocycles. The first-order valence-corrected chi connectivity index (χ1v) is 11.1. The zero-order chi connectivity index (χ0) is 22.9. The third-order valence-electron chi connectivity index (χ3n) is 6.56. The van der Waals surface area contributed by atoms with Crippen LogP contribution in [0.4, 0.5) is 0 Å². The molecule has 1 N–H and O–H groups in total. The molecule has 0 unspecified atom stereocenters. The van der Waals surface area contributed by atoms with Crippen LogP contribution in [-0.4, -0.2) is 22.7 Å². The van der Waals surface area contributed by atoms with Gasteiger partial charge in [-0.15, -0.1) is 0 Å². The van der Waals surface area contributed by atoms with Crippen LogP contribution < -0.4 is 5.43 Å². The van der Waals surface area contributed by atoms with Crippen LogP contribution in [-0.2, 0) is 9.59 Å². The smallest absolute Gasteiger partial charge is 0.270 e. The summed E-state index contributed by atoms with van der Waals surface area (Å²) in [6.45, 7) is 1.89. The van der Waals surface area contributed by atoms with Gasteiger partial charge in [-0.1, -0.05) is 90.5 Å². The number of benzene rings is 3. The van der Waals surface area contributed by atoms with Crippen LogP contribution in [0.15, 0.2) is 97.1 Å². The first kappa shape index (κ1) is 20.9. The number of allylic oxidation sites excluding steroid dienone is 2. The molecular formula is C28H24N2O3. The molecule has 1 heterocycles. The van der Waals surface area contributed by atoms with Gasteiger partial charge in [0.1, 0.15) is 0 Å². The molecule has 0 spiro atoms. The van der Waals surface area contributed by atoms with Gasteiger partial charge in [-0.3, -0.25) is 19.8 Å². The molecule has 0 saturated carbocycles. The molecule has 164 valence electrons. The molecule has 5 nitrogen and oxygen atoms in total. The van der Waals surface area contributed by atoms with Crippen molar-refractivity contribution in [1.29, 1.82) is 0 Å². The average Bonchev–Trinajstić information content (AvgIpc) is 3.10. The van der Waals surface area contributed by atoms with E-state index in [1.165, 1.54) is 0 Å². The Bertz CT molecular complexity index is 1170. The highest BCUT2D eigenvalue weighted by Crippen LogP contribution is 2.48. The number of nitrogens with one attached hydrogen (secondary N) is 1. The second-order valence-electron chi connectivity index (χ2n) is 8.63. The van der Waals surface area contributed by atoms with Crippen LogP contribution in [0, 0.1) is 18.8 Å². The number of hydrazine groups is 1. The van der Waals surface area contributed by atoms with E-state index in [4.69, 9.17) is 0 Å². The Kier molecular flexibility index (Phi) is 5.38. The summed E-state index contributed by atoms with van der Waals surface area (Å²) in [5.74, 6) is -2.88. The predicted octanol–water partition coefficient (Wildman–Crippen LogP) is 4.38. The quantitative estimate of drug-likeness (QED) is 0.488. The molecule has 3 aromatic rings. The van der Waals surface area contributed by atoms with Gasteiger partial charge in [-0.05, 0) is 30.2 Å². The number of hydrogen-bond acceptors (Lipinski definition) is 3. The number of fused-ring (bicyclic) bond motifs is 1. The number of hydrogen-bond donors (Lipinski definition) is 1. The Morgan fingerprint density at radius 3 is 1.73 bits per heavy atom. The van der Waals surface area contributed by atoms with Crippen LogP contribution >= 0.6 is 0 Å². The van der Waals surface area contributed by atoms with E-state index in [1.807, 2.05) is 85.8 Å². The highest BCUT2D eigenvalue weighted by molar-refractivity contribution is 6.09. The molecule has 4 atom stereocenters. The largest absolute Gasteiger partial charge is 0.272 e. The van der Waals surface area contributed by atoms with Gasteiger partial charge in [0.05, 0.1) is 11.8 Å². The summed E-state index contributed by atoms with van der Waals surface area (Å²) in [6, 6.07) is 26.5. The molecule has 5 heteroatoms. The van der Waals surface area contributed by atoms with Gasteiger partial charge in [0.25, 0.3) is 17.7 Å². The number of carbonyl (C=O) groups excluding carboxylic acids is 3. The molecule has 5 rings (SSSR count). The van der Waals surface area contributed by atoms with Gasteiger partial charge in [-0.2, -0.15) is 5.01 Å². The van der Waals surface area contributed by atoms with Crippen molar-refractivity contribution >= 4 is 17.7 Å². The highest BCUT2D eigenvalue weighted by atomic mass is 16.2. The summed E-state index contributed by atoms with van der Waals surface area (Å²) >= 11 is 0. The van der Waals surface area contributed by atoms with Crippen molar-refractivity contribution in [2.24, 2.45) is 11.8 Å². The molecular weight excluding hydrogens is 412 g/mol. The molecule has 3 amide bonds. The lowest BCUT2D eigenvalue weighted by molar-refractivity contribution is -0.142. The average molecular weight is 437 g/mol. The number of rotatable bonds is 4. The number of amides is 3. The molecule has 1 saturated heterocycles. The van der Waals surface area contributed by atoms with E-state index in [-0.39, 0.29) is 23.7 Å². The minimum Gasteiger partial charge on any atom is -0.272 e. The third-order valence-corrected chi connectivity index (χ3v) is 6.56. The monoisotopic (exact) mass is 436 g/mol. The fourth-order valence-electron chi connectivity index (χ4n) is 5.00. The maximum Gasteiger partial charge on any atom is 0.270 e. The van der Waals surface area contributed by atoms with E-state index < -0.39 is 17.7 Å². The molecule has 0 radical (unpaired) electrons. The van der Waals surface area contributed by atoms with Crippen LogP contribution in [0.25, 0.3) is 0 Å². The Morgan fingerprint density at radius 1 is 0.727 bits per heavy atom. The Hall–Kier alpha value is -3.99. The number of carbonyl (C=O) groups is 3. The first-order valence-electron chi connectivity index (χ1n) is 11.1. The maximum atomic E-state index is 13.6. The summed E-state index contributed by atoms with van der Waals surface area (Å²) in [7, 11) is 0. The number of imide groups is 1. The van der Waals surface area contributed by atoms with Crippen molar-refractivity contribution in [3.05, 3.63) is 119 Å². The van der Waals surface area contributed by atoms with Crippen LogP contribution in [0.3, 0.4) is 0 Å². The predicted molar refractivity (Wildman–Crippen MR) is 125 cm³/mol. The number of aryl methyl sites for hydroxylation is 1. The number of nitrogens with zero attached hydrogens (tertiary/aromatic N) is 1. The Morgan fingerprint density at radius 2 is 1.24 bits per heavy atom. The van der Waals surface area contributed by atoms with Gasteiger partial charge in [0.15, 0.2) is 0 Å². The van der Waals surface area contributed by atoms with E-state index >= 15 is 0 Å². The molecule has 0 bridgehead atoms. The van der Waals surface area contributed by atoms with E-state index in [0.717, 1.165) is 21.7 Å². The van der Waals surface area contributed by atoms with Crippen molar-refractivity contribution in [1.82, 2.24) is 10.4 Å². The summed E-state index contributed by atoms with van der Waals surface area (Å²) in [6.07, 6.45) is 4.07. The summed E-state index contributed by atoms with van der Waals surface area (Å²) in [5, 5.41) is 0.943. The van der Waals surface area contributed by atoms with Gasteiger partial charge in [-0.25, -0.2) is 0 Å². The van der Waals surface area contributed by atoms with Crippen molar-refractivity contribution in [3.8, 4) is 0 Å². The minimum atomic E-state index is -0.590. The van der Waals surface area contributed by atoms with Gasteiger partial charge in [0.2, 0.25) is 0 Å². The molecule has 0 aromatic heterocycles. The van der Waals surface area contributed by atoms with Crippen LogP contribution in [0.1, 0.15) is 38.9 Å². The minimum absolute atomic E-state index is 0.242. The van der Waals surface area contributed by atoms with Gasteiger partial charge in [0, 0.05) is 17.4 Å². The van der Waals surface area contributed by atoms with E-state index in [0.29, 0.717) is 5.56 Å². The van der Waals surface area contributed by atoms with Crippen molar-refractivity contribution in [3.63, 3.8) is 0 Å². The lowest BCUT2D eigenvalue weighted by atomic mass is 9.68. The lowest BCUT2D eigenvalue weighted by Crippen LogP contribution is -2.46. The Balaban J connectivity index is 1.52. The zero-order valence-electron chi connectivity index (χ0n) is 18.2. The molecule has 33 heavy (non-hydrogen) atoms. The fourth-order valence-corrected chi connectivity index (χ4v) is 5.00.